The molecule has 0 spiro atoms. The van der Waals surface area contributed by atoms with Crippen LogP contribution in [0.15, 0.2) is 46.9 Å². The Labute approximate surface area is 125 Å². The van der Waals surface area contributed by atoms with Crippen molar-refractivity contribution in [3.05, 3.63) is 68.2 Å². The summed E-state index contributed by atoms with van der Waals surface area (Å²) in [7, 11) is 0. The molecule has 0 fully saturated rings. The molecule has 0 aliphatic heterocycles. The first kappa shape index (κ1) is 13.1. The molecule has 0 radical (unpaired) electrons. The Balaban J connectivity index is 1.74. The molecular formula is C15H13BrN2O2. The highest BCUT2D eigenvalue weighted by molar-refractivity contribution is 9.10. The molecule has 20 heavy (non-hydrogen) atoms. The minimum Gasteiger partial charge on any atom is -0.382 e. The van der Waals surface area contributed by atoms with E-state index in [2.05, 4.69) is 45.5 Å². The van der Waals surface area contributed by atoms with Crippen LogP contribution in [0.4, 0.5) is 11.4 Å². The van der Waals surface area contributed by atoms with Crippen molar-refractivity contribution in [2.75, 3.05) is 5.32 Å². The lowest BCUT2D eigenvalue weighted by molar-refractivity contribution is -0.385. The molecule has 0 saturated carbocycles. The van der Waals surface area contributed by atoms with Crippen molar-refractivity contribution < 1.29 is 4.92 Å². The minimum atomic E-state index is -0.390. The van der Waals surface area contributed by atoms with E-state index in [0.29, 0.717) is 10.5 Å². The molecule has 102 valence electrons. The summed E-state index contributed by atoms with van der Waals surface area (Å²) < 4.78 is 0.503. The molecule has 0 bridgehead atoms. The van der Waals surface area contributed by atoms with E-state index in [0.717, 1.165) is 18.5 Å². The summed E-state index contributed by atoms with van der Waals surface area (Å²) in [6, 6.07) is 13.8. The molecule has 2 aromatic carbocycles. The summed E-state index contributed by atoms with van der Waals surface area (Å²) in [5, 5.41) is 14.2. The summed E-state index contributed by atoms with van der Waals surface area (Å²) in [5.41, 5.74) is 3.75. The summed E-state index contributed by atoms with van der Waals surface area (Å²) in [6.45, 7) is 0. The van der Waals surface area contributed by atoms with Gasteiger partial charge in [-0.15, -0.1) is 0 Å². The average Bonchev–Trinajstić information content (AvgIpc) is 2.80. The third-order valence-corrected chi connectivity index (χ3v) is 4.20. The minimum absolute atomic E-state index is 0.0882. The Hall–Kier alpha value is -1.88. The van der Waals surface area contributed by atoms with E-state index in [9.17, 15) is 10.1 Å². The number of nitrogens with one attached hydrogen (secondary N) is 1. The second-order valence-corrected chi connectivity index (χ2v) is 5.80. The molecule has 0 atom stereocenters. The van der Waals surface area contributed by atoms with Crippen LogP contribution in [-0.2, 0) is 12.8 Å². The molecule has 0 amide bonds. The SMILES string of the molecule is O=[N+]([O-])c1ccc(NC2Cc3ccccc3C2)cc1Br. The zero-order valence-corrected chi connectivity index (χ0v) is 12.3. The lowest BCUT2D eigenvalue weighted by Crippen LogP contribution is -2.19. The van der Waals surface area contributed by atoms with Gasteiger partial charge in [0.05, 0.1) is 9.40 Å². The normalized spacial score (nSPS) is 14.1. The molecule has 0 heterocycles. The molecule has 1 aliphatic carbocycles. The Morgan fingerprint density at radius 1 is 1.15 bits per heavy atom. The molecule has 5 heteroatoms. The maximum Gasteiger partial charge on any atom is 0.283 e. The van der Waals surface area contributed by atoms with Crippen molar-refractivity contribution in [3.8, 4) is 0 Å². The van der Waals surface area contributed by atoms with Gasteiger partial charge in [-0.05, 0) is 52.0 Å². The molecule has 1 N–H and O–H groups in total. The second kappa shape index (κ2) is 5.25. The lowest BCUT2D eigenvalue weighted by atomic mass is 10.1. The van der Waals surface area contributed by atoms with Gasteiger partial charge in [0.15, 0.2) is 0 Å². The van der Waals surface area contributed by atoms with E-state index in [-0.39, 0.29) is 10.6 Å². The highest BCUT2D eigenvalue weighted by atomic mass is 79.9. The monoisotopic (exact) mass is 332 g/mol. The molecular weight excluding hydrogens is 320 g/mol. The molecule has 0 saturated heterocycles. The van der Waals surface area contributed by atoms with Gasteiger partial charge < -0.3 is 5.32 Å². The predicted molar refractivity (Wildman–Crippen MR) is 82.1 cm³/mol. The maximum absolute atomic E-state index is 10.8. The average molecular weight is 333 g/mol. The smallest absolute Gasteiger partial charge is 0.283 e. The summed E-state index contributed by atoms with van der Waals surface area (Å²) in [5.74, 6) is 0. The van der Waals surface area contributed by atoms with Crippen molar-refractivity contribution in [1.29, 1.82) is 0 Å². The van der Waals surface area contributed by atoms with E-state index in [4.69, 9.17) is 0 Å². The van der Waals surface area contributed by atoms with Crippen LogP contribution in [-0.4, -0.2) is 11.0 Å². The Bertz CT molecular complexity index is 648. The number of nitro benzene ring substituents is 1. The molecule has 0 unspecified atom stereocenters. The van der Waals surface area contributed by atoms with Crippen molar-refractivity contribution in [2.45, 2.75) is 18.9 Å². The third kappa shape index (κ3) is 2.54. The molecule has 1 aliphatic rings. The maximum atomic E-state index is 10.8. The molecule has 2 aromatic rings. The standard InChI is InChI=1S/C15H13BrN2O2/c16-14-9-12(5-6-15(14)18(19)20)17-13-7-10-3-1-2-4-11(10)8-13/h1-6,9,13,17H,7-8H2. The Morgan fingerprint density at radius 2 is 1.80 bits per heavy atom. The molecule has 3 rings (SSSR count). The lowest BCUT2D eigenvalue weighted by Gasteiger charge is -2.13. The first-order valence-corrected chi connectivity index (χ1v) is 7.20. The van der Waals surface area contributed by atoms with Crippen molar-refractivity contribution in [2.24, 2.45) is 0 Å². The predicted octanol–water partition coefficient (Wildman–Crippen LogP) is 3.94. The van der Waals surface area contributed by atoms with Crippen LogP contribution >= 0.6 is 15.9 Å². The Morgan fingerprint density at radius 3 is 2.35 bits per heavy atom. The number of halogens is 1. The van der Waals surface area contributed by atoms with Crippen LogP contribution in [0.2, 0.25) is 0 Å². The number of rotatable bonds is 3. The van der Waals surface area contributed by atoms with Crippen LogP contribution in [0.1, 0.15) is 11.1 Å². The van der Waals surface area contributed by atoms with Gasteiger partial charge in [-0.3, -0.25) is 10.1 Å². The van der Waals surface area contributed by atoms with Crippen molar-refractivity contribution in [3.63, 3.8) is 0 Å². The van der Waals surface area contributed by atoms with Gasteiger partial charge in [0, 0.05) is 17.8 Å². The zero-order valence-electron chi connectivity index (χ0n) is 10.7. The third-order valence-electron chi connectivity index (χ3n) is 3.57. The fraction of sp³-hybridized carbons (Fsp3) is 0.200. The van der Waals surface area contributed by atoms with Gasteiger partial charge in [0.25, 0.3) is 5.69 Å². The highest BCUT2D eigenvalue weighted by Crippen LogP contribution is 2.30. The quantitative estimate of drug-likeness (QED) is 0.684. The van der Waals surface area contributed by atoms with Gasteiger partial charge in [-0.2, -0.15) is 0 Å². The first-order valence-electron chi connectivity index (χ1n) is 6.41. The fourth-order valence-electron chi connectivity index (χ4n) is 2.64. The number of nitro groups is 1. The van der Waals surface area contributed by atoms with Crippen molar-refractivity contribution >= 4 is 27.3 Å². The van der Waals surface area contributed by atoms with E-state index >= 15 is 0 Å². The molecule has 4 nitrogen and oxygen atoms in total. The van der Waals surface area contributed by atoms with Crippen molar-refractivity contribution in [1.82, 2.24) is 0 Å². The van der Waals surface area contributed by atoms with E-state index in [1.54, 1.807) is 12.1 Å². The van der Waals surface area contributed by atoms with Gasteiger partial charge in [0.1, 0.15) is 0 Å². The number of hydrogen-bond acceptors (Lipinski definition) is 3. The van der Waals surface area contributed by atoms with Gasteiger partial charge in [-0.25, -0.2) is 0 Å². The van der Waals surface area contributed by atoms with Gasteiger partial charge in [-0.1, -0.05) is 24.3 Å². The van der Waals surface area contributed by atoms with Crippen LogP contribution in [0, 0.1) is 10.1 Å². The van der Waals surface area contributed by atoms with E-state index in [1.807, 2.05) is 0 Å². The highest BCUT2D eigenvalue weighted by Gasteiger charge is 2.21. The van der Waals surface area contributed by atoms with Crippen LogP contribution < -0.4 is 5.32 Å². The van der Waals surface area contributed by atoms with Gasteiger partial charge in [0.2, 0.25) is 0 Å². The second-order valence-electron chi connectivity index (χ2n) is 4.94. The largest absolute Gasteiger partial charge is 0.382 e. The summed E-state index contributed by atoms with van der Waals surface area (Å²) >= 11 is 3.24. The number of benzene rings is 2. The number of anilines is 1. The van der Waals surface area contributed by atoms with Gasteiger partial charge >= 0.3 is 0 Å². The van der Waals surface area contributed by atoms with E-state index < -0.39 is 0 Å². The number of hydrogen-bond donors (Lipinski definition) is 1. The van der Waals surface area contributed by atoms with Crippen LogP contribution in [0.5, 0.6) is 0 Å². The fourth-order valence-corrected chi connectivity index (χ4v) is 3.16. The summed E-state index contributed by atoms with van der Waals surface area (Å²) in [4.78, 5) is 10.4. The summed E-state index contributed by atoms with van der Waals surface area (Å²) in [6.07, 6.45) is 1.98. The number of nitrogens with zero attached hydrogens (tertiary/aromatic N) is 1. The Kier molecular flexibility index (Phi) is 3.44. The molecule has 0 aromatic heterocycles. The van der Waals surface area contributed by atoms with E-state index in [1.165, 1.54) is 17.2 Å². The zero-order chi connectivity index (χ0) is 14.1. The number of fused-ring (bicyclic) bond motifs is 1. The first-order chi connectivity index (χ1) is 9.63. The topological polar surface area (TPSA) is 55.2 Å². The van der Waals surface area contributed by atoms with Crippen LogP contribution in [0.3, 0.4) is 0 Å². The van der Waals surface area contributed by atoms with Crippen LogP contribution in [0.25, 0.3) is 0 Å².